The van der Waals surface area contributed by atoms with Gasteiger partial charge in [-0.05, 0) is 48.4 Å². The van der Waals surface area contributed by atoms with Gasteiger partial charge in [-0.2, -0.15) is 0 Å². The molecule has 2 aliphatic heterocycles. The van der Waals surface area contributed by atoms with E-state index in [-0.39, 0.29) is 5.91 Å². The molecule has 4 rings (SSSR count). The van der Waals surface area contributed by atoms with Gasteiger partial charge in [-0.15, -0.1) is 0 Å². The van der Waals surface area contributed by atoms with E-state index < -0.39 is 0 Å². The Balaban J connectivity index is 1.38. The summed E-state index contributed by atoms with van der Waals surface area (Å²) in [5, 5.41) is 0.640. The summed E-state index contributed by atoms with van der Waals surface area (Å²) in [6, 6.07) is 13.7. The van der Waals surface area contributed by atoms with Crippen LogP contribution in [0.25, 0.3) is 6.08 Å². The highest BCUT2D eigenvalue weighted by atomic mass is 35.5. The lowest BCUT2D eigenvalue weighted by Crippen LogP contribution is -2.37. The molecule has 0 aromatic heterocycles. The molecule has 29 heavy (non-hydrogen) atoms. The van der Waals surface area contributed by atoms with E-state index in [0.717, 1.165) is 49.7 Å². The molecule has 2 aromatic carbocycles. The van der Waals surface area contributed by atoms with Crippen molar-refractivity contribution in [2.45, 2.75) is 13.0 Å². The number of carbonyl (C=O) groups excluding carboxylic acids is 1. The van der Waals surface area contributed by atoms with Crippen molar-refractivity contribution in [3.05, 3.63) is 64.2 Å². The Morgan fingerprint density at radius 1 is 1.10 bits per heavy atom. The van der Waals surface area contributed by atoms with E-state index in [0.29, 0.717) is 23.7 Å². The van der Waals surface area contributed by atoms with E-state index in [2.05, 4.69) is 17.0 Å². The fourth-order valence-electron chi connectivity index (χ4n) is 3.80. The summed E-state index contributed by atoms with van der Waals surface area (Å²) in [7, 11) is 1.68. The summed E-state index contributed by atoms with van der Waals surface area (Å²) >= 11 is 6.08. The van der Waals surface area contributed by atoms with Crippen LogP contribution < -0.4 is 9.47 Å². The predicted molar refractivity (Wildman–Crippen MR) is 114 cm³/mol. The second-order valence-corrected chi connectivity index (χ2v) is 7.85. The first-order chi connectivity index (χ1) is 14.1. The van der Waals surface area contributed by atoms with Crippen LogP contribution in [0.2, 0.25) is 5.02 Å². The molecule has 1 fully saturated rings. The summed E-state index contributed by atoms with van der Waals surface area (Å²) in [4.78, 5) is 17.4. The van der Waals surface area contributed by atoms with Crippen molar-refractivity contribution in [1.29, 1.82) is 0 Å². The van der Waals surface area contributed by atoms with E-state index in [1.54, 1.807) is 13.2 Å². The highest BCUT2D eigenvalue weighted by molar-refractivity contribution is 6.30. The molecule has 0 bridgehead atoms. The Labute approximate surface area is 176 Å². The van der Waals surface area contributed by atoms with Gasteiger partial charge in [-0.3, -0.25) is 9.69 Å². The minimum Gasteiger partial charge on any atom is -0.497 e. The summed E-state index contributed by atoms with van der Waals surface area (Å²) in [6.07, 6.45) is 2.87. The second kappa shape index (κ2) is 8.89. The van der Waals surface area contributed by atoms with Crippen molar-refractivity contribution in [3.8, 4) is 11.5 Å². The Morgan fingerprint density at radius 2 is 1.93 bits per heavy atom. The molecule has 5 nitrogen and oxygen atoms in total. The van der Waals surface area contributed by atoms with Crippen LogP contribution in [0.5, 0.6) is 11.5 Å². The quantitative estimate of drug-likeness (QED) is 0.764. The number of nitrogens with zero attached hydrogens (tertiary/aromatic N) is 2. The first-order valence-corrected chi connectivity index (χ1v) is 10.3. The summed E-state index contributed by atoms with van der Waals surface area (Å²) in [6.45, 7) is 4.49. The lowest BCUT2D eigenvalue weighted by atomic mass is 10.1. The molecule has 1 saturated heterocycles. The van der Waals surface area contributed by atoms with Gasteiger partial charge in [0.1, 0.15) is 18.1 Å². The molecular formula is C23H25ClN2O3. The molecule has 152 valence electrons. The summed E-state index contributed by atoms with van der Waals surface area (Å²) < 4.78 is 11.0. The van der Waals surface area contributed by atoms with Gasteiger partial charge < -0.3 is 14.4 Å². The monoisotopic (exact) mass is 412 g/mol. The van der Waals surface area contributed by atoms with Crippen molar-refractivity contribution in [2.75, 3.05) is 39.9 Å². The first kappa shape index (κ1) is 19.8. The highest BCUT2D eigenvalue weighted by Gasteiger charge is 2.24. The summed E-state index contributed by atoms with van der Waals surface area (Å²) in [5.74, 6) is 1.70. The second-order valence-electron chi connectivity index (χ2n) is 7.41. The zero-order chi connectivity index (χ0) is 20.2. The lowest BCUT2D eigenvalue weighted by Gasteiger charge is -2.25. The summed E-state index contributed by atoms with van der Waals surface area (Å²) in [5.41, 5.74) is 2.80. The third-order valence-electron chi connectivity index (χ3n) is 5.40. The number of methoxy groups -OCH3 is 1. The van der Waals surface area contributed by atoms with Gasteiger partial charge in [0, 0.05) is 43.3 Å². The molecule has 0 radical (unpaired) electrons. The van der Waals surface area contributed by atoms with E-state index in [9.17, 15) is 4.79 Å². The standard InChI is InChI=1S/C23H25ClN2O3/c1-28-21-6-3-17(4-7-21)15-25-9-2-10-26(12-11-25)23(27)19-13-18-14-20(24)5-8-22(18)29-16-19/h3-8,13-14H,2,9-12,15-16H2,1H3. The number of halogens is 1. The number of fused-ring (bicyclic) bond motifs is 1. The predicted octanol–water partition coefficient (Wildman–Crippen LogP) is 3.86. The molecule has 0 atom stereocenters. The largest absolute Gasteiger partial charge is 0.497 e. The number of hydrogen-bond donors (Lipinski definition) is 0. The number of amides is 1. The maximum atomic E-state index is 13.0. The zero-order valence-corrected chi connectivity index (χ0v) is 17.3. The lowest BCUT2D eigenvalue weighted by molar-refractivity contribution is -0.127. The number of benzene rings is 2. The van der Waals surface area contributed by atoms with E-state index in [1.165, 1.54) is 5.56 Å². The fourth-order valence-corrected chi connectivity index (χ4v) is 3.98. The third-order valence-corrected chi connectivity index (χ3v) is 5.64. The van der Waals surface area contributed by atoms with Crippen LogP contribution in [-0.4, -0.2) is 55.6 Å². The van der Waals surface area contributed by atoms with Crippen molar-refractivity contribution in [1.82, 2.24) is 9.80 Å². The van der Waals surface area contributed by atoms with E-state index in [4.69, 9.17) is 21.1 Å². The van der Waals surface area contributed by atoms with Crippen LogP contribution >= 0.6 is 11.6 Å². The van der Waals surface area contributed by atoms with Crippen LogP contribution in [0.1, 0.15) is 17.5 Å². The Hall–Kier alpha value is -2.50. The van der Waals surface area contributed by atoms with Gasteiger partial charge in [0.2, 0.25) is 0 Å². The van der Waals surface area contributed by atoms with Crippen LogP contribution in [0, 0.1) is 0 Å². The first-order valence-electron chi connectivity index (χ1n) is 9.90. The molecule has 0 unspecified atom stereocenters. The topological polar surface area (TPSA) is 42.0 Å². The van der Waals surface area contributed by atoms with Gasteiger partial charge >= 0.3 is 0 Å². The normalized spacial score (nSPS) is 17.0. The number of rotatable bonds is 4. The SMILES string of the molecule is COc1ccc(CN2CCCN(C(=O)C3=Cc4cc(Cl)ccc4OC3)CC2)cc1. The van der Waals surface area contributed by atoms with Gasteiger partial charge in [-0.25, -0.2) is 0 Å². The smallest absolute Gasteiger partial charge is 0.253 e. The third kappa shape index (κ3) is 4.74. The Morgan fingerprint density at radius 3 is 2.72 bits per heavy atom. The maximum Gasteiger partial charge on any atom is 0.253 e. The number of carbonyl (C=O) groups is 1. The minimum absolute atomic E-state index is 0.0573. The molecule has 0 aliphatic carbocycles. The van der Waals surface area contributed by atoms with Crippen LogP contribution in [0.4, 0.5) is 0 Å². The van der Waals surface area contributed by atoms with E-state index in [1.807, 2.05) is 35.2 Å². The van der Waals surface area contributed by atoms with Crippen LogP contribution in [0.3, 0.4) is 0 Å². The molecule has 2 aromatic rings. The molecular weight excluding hydrogens is 388 g/mol. The molecule has 2 aliphatic rings. The Kier molecular flexibility index (Phi) is 6.07. The van der Waals surface area contributed by atoms with Gasteiger partial charge in [0.05, 0.1) is 12.7 Å². The van der Waals surface area contributed by atoms with E-state index >= 15 is 0 Å². The zero-order valence-electron chi connectivity index (χ0n) is 16.6. The Bertz CT molecular complexity index is 911. The van der Waals surface area contributed by atoms with Crippen LogP contribution in [-0.2, 0) is 11.3 Å². The van der Waals surface area contributed by atoms with Crippen LogP contribution in [0.15, 0.2) is 48.0 Å². The number of ether oxygens (including phenoxy) is 2. The molecule has 0 N–H and O–H groups in total. The highest BCUT2D eigenvalue weighted by Crippen LogP contribution is 2.29. The average molecular weight is 413 g/mol. The fraction of sp³-hybridized carbons (Fsp3) is 0.348. The van der Waals surface area contributed by atoms with Gasteiger partial charge in [0.25, 0.3) is 5.91 Å². The molecule has 0 saturated carbocycles. The molecule has 6 heteroatoms. The molecule has 0 spiro atoms. The molecule has 2 heterocycles. The van der Waals surface area contributed by atoms with Crippen molar-refractivity contribution in [2.24, 2.45) is 0 Å². The maximum absolute atomic E-state index is 13.0. The number of hydrogen-bond acceptors (Lipinski definition) is 4. The van der Waals surface area contributed by atoms with Crippen molar-refractivity contribution in [3.63, 3.8) is 0 Å². The van der Waals surface area contributed by atoms with Crippen molar-refractivity contribution >= 4 is 23.6 Å². The van der Waals surface area contributed by atoms with Gasteiger partial charge in [-0.1, -0.05) is 23.7 Å². The average Bonchev–Trinajstić information content (AvgIpc) is 2.99. The van der Waals surface area contributed by atoms with Gasteiger partial charge in [0.15, 0.2) is 0 Å². The minimum atomic E-state index is 0.0573. The van der Waals surface area contributed by atoms with Crippen molar-refractivity contribution < 1.29 is 14.3 Å². The molecule has 1 amide bonds.